The van der Waals surface area contributed by atoms with Gasteiger partial charge in [0.2, 0.25) is 5.91 Å². The van der Waals surface area contributed by atoms with Crippen molar-refractivity contribution in [1.82, 2.24) is 19.8 Å². The number of hydrogen-bond donors (Lipinski definition) is 2. The van der Waals surface area contributed by atoms with Crippen LogP contribution in [0.2, 0.25) is 0 Å². The predicted octanol–water partition coefficient (Wildman–Crippen LogP) is 2.93. The van der Waals surface area contributed by atoms with E-state index < -0.39 is 6.04 Å². The fourth-order valence-electron chi connectivity index (χ4n) is 4.92. The summed E-state index contributed by atoms with van der Waals surface area (Å²) in [5.74, 6) is 1.67. The Balaban J connectivity index is 1.35. The number of likely N-dealkylation sites (tertiary alicyclic amines) is 1. The molecule has 37 heavy (non-hydrogen) atoms. The Morgan fingerprint density at radius 3 is 2.70 bits per heavy atom. The average Bonchev–Trinajstić information content (AvgIpc) is 3.30. The Bertz CT molecular complexity index is 1190. The number of carbonyl (C=O) groups excluding carboxylic acids is 2. The molecule has 0 saturated carbocycles. The number of ether oxygens (including phenoxy) is 2. The van der Waals surface area contributed by atoms with Crippen LogP contribution in [0.3, 0.4) is 0 Å². The Hall–Kier alpha value is -3.43. The Kier molecular flexibility index (Phi) is 9.14. The molecule has 9 nitrogen and oxygen atoms in total. The van der Waals surface area contributed by atoms with Gasteiger partial charge in [0.05, 0.1) is 18.1 Å². The largest absolute Gasteiger partial charge is 0.497 e. The van der Waals surface area contributed by atoms with Gasteiger partial charge in [0.25, 0.3) is 5.91 Å². The topological polar surface area (TPSA) is 112 Å². The normalized spacial score (nSPS) is 16.5. The number of nitrogens with zero attached hydrogens (tertiary/aromatic N) is 3. The summed E-state index contributed by atoms with van der Waals surface area (Å²) in [5.41, 5.74) is 8.85. The Morgan fingerprint density at radius 2 is 1.95 bits per heavy atom. The second kappa shape index (κ2) is 12.7. The number of benzene rings is 2. The first-order valence-corrected chi connectivity index (χ1v) is 12.9. The van der Waals surface area contributed by atoms with Crippen LogP contribution in [0.4, 0.5) is 0 Å². The molecule has 2 aromatic carbocycles. The summed E-state index contributed by atoms with van der Waals surface area (Å²) in [5, 5.41) is 2.83. The van der Waals surface area contributed by atoms with Gasteiger partial charge in [-0.05, 0) is 55.7 Å². The van der Waals surface area contributed by atoms with Gasteiger partial charge >= 0.3 is 0 Å². The molecule has 3 aromatic rings. The van der Waals surface area contributed by atoms with E-state index in [1.165, 1.54) is 0 Å². The molecule has 1 fully saturated rings. The second-order valence-electron chi connectivity index (χ2n) is 9.54. The maximum Gasteiger partial charge on any atom is 0.251 e. The molecule has 0 unspecified atom stereocenters. The van der Waals surface area contributed by atoms with Crippen molar-refractivity contribution in [3.63, 3.8) is 0 Å². The van der Waals surface area contributed by atoms with Gasteiger partial charge in [-0.2, -0.15) is 0 Å². The summed E-state index contributed by atoms with van der Waals surface area (Å²) in [6, 6.07) is 14.6. The third-order valence-corrected chi connectivity index (χ3v) is 6.87. The summed E-state index contributed by atoms with van der Waals surface area (Å²) < 4.78 is 12.7. The van der Waals surface area contributed by atoms with Crippen LogP contribution in [0, 0.1) is 0 Å². The number of para-hydroxylation sites is 2. The van der Waals surface area contributed by atoms with E-state index >= 15 is 0 Å². The smallest absolute Gasteiger partial charge is 0.251 e. The lowest BCUT2D eigenvalue weighted by Crippen LogP contribution is -2.45. The Labute approximate surface area is 217 Å². The lowest BCUT2D eigenvalue weighted by molar-refractivity contribution is -0.132. The maximum atomic E-state index is 13.1. The molecule has 0 radical (unpaired) electrons. The molecule has 198 valence electrons. The first-order valence-electron chi connectivity index (χ1n) is 12.9. The minimum absolute atomic E-state index is 0.0120. The summed E-state index contributed by atoms with van der Waals surface area (Å²) >= 11 is 0. The zero-order valence-electron chi connectivity index (χ0n) is 21.7. The summed E-state index contributed by atoms with van der Waals surface area (Å²) in [6.07, 6.45) is 2.98. The highest BCUT2D eigenvalue weighted by atomic mass is 16.5. The van der Waals surface area contributed by atoms with Crippen LogP contribution in [0.5, 0.6) is 5.75 Å². The molecule has 9 heteroatoms. The minimum atomic E-state index is -0.464. The van der Waals surface area contributed by atoms with Crippen LogP contribution in [0.1, 0.15) is 47.8 Å². The third-order valence-electron chi connectivity index (χ3n) is 6.87. The van der Waals surface area contributed by atoms with Crippen molar-refractivity contribution in [2.45, 2.75) is 44.2 Å². The summed E-state index contributed by atoms with van der Waals surface area (Å²) in [6.45, 7) is 3.08. The van der Waals surface area contributed by atoms with Crippen molar-refractivity contribution in [3.05, 3.63) is 59.9 Å². The molecule has 0 spiro atoms. The fourth-order valence-corrected chi connectivity index (χ4v) is 4.92. The first kappa shape index (κ1) is 26.6. The van der Waals surface area contributed by atoms with Gasteiger partial charge in [-0.15, -0.1) is 0 Å². The van der Waals surface area contributed by atoms with Crippen molar-refractivity contribution in [3.8, 4) is 5.75 Å². The number of fused-ring (bicyclic) bond motifs is 1. The fraction of sp³-hybridized carbons (Fsp3) is 0.464. The average molecular weight is 508 g/mol. The van der Waals surface area contributed by atoms with E-state index in [4.69, 9.17) is 20.2 Å². The predicted molar refractivity (Wildman–Crippen MR) is 143 cm³/mol. The van der Waals surface area contributed by atoms with Crippen molar-refractivity contribution in [1.29, 1.82) is 0 Å². The van der Waals surface area contributed by atoms with E-state index in [1.54, 1.807) is 38.5 Å². The van der Waals surface area contributed by atoms with Gasteiger partial charge in [0.1, 0.15) is 11.6 Å². The molecular formula is C28H37N5O4. The minimum Gasteiger partial charge on any atom is -0.497 e. The second-order valence-corrected chi connectivity index (χ2v) is 9.54. The SMILES string of the molecule is COCCCn1c([C@@H]2CCCN(C(=O)C[C@@H](N)CNC(=O)c3ccc(OC)cc3)C2)nc2ccccc21. The number of imidazole rings is 1. The molecular weight excluding hydrogens is 470 g/mol. The molecule has 0 bridgehead atoms. The summed E-state index contributed by atoms with van der Waals surface area (Å²) in [7, 11) is 3.29. The van der Waals surface area contributed by atoms with Gasteiger partial charge < -0.3 is 30.0 Å². The lowest BCUT2D eigenvalue weighted by Gasteiger charge is -2.33. The number of amides is 2. The number of piperidine rings is 1. The zero-order valence-corrected chi connectivity index (χ0v) is 21.7. The number of hydrogen-bond acceptors (Lipinski definition) is 6. The molecule has 1 aromatic heterocycles. The highest BCUT2D eigenvalue weighted by Crippen LogP contribution is 2.30. The molecule has 1 saturated heterocycles. The molecule has 0 aliphatic carbocycles. The third kappa shape index (κ3) is 6.67. The van der Waals surface area contributed by atoms with E-state index in [2.05, 4.69) is 16.0 Å². The zero-order chi connectivity index (χ0) is 26.2. The Morgan fingerprint density at radius 1 is 1.16 bits per heavy atom. The van der Waals surface area contributed by atoms with Crippen LogP contribution < -0.4 is 15.8 Å². The number of aryl methyl sites for hydroxylation is 1. The van der Waals surface area contributed by atoms with Gasteiger partial charge in [-0.1, -0.05) is 12.1 Å². The van der Waals surface area contributed by atoms with Crippen molar-refractivity contribution in [2.24, 2.45) is 5.73 Å². The van der Waals surface area contributed by atoms with Crippen LogP contribution in [-0.4, -0.2) is 72.8 Å². The van der Waals surface area contributed by atoms with Gasteiger partial charge in [0.15, 0.2) is 0 Å². The van der Waals surface area contributed by atoms with Gasteiger partial charge in [-0.3, -0.25) is 9.59 Å². The van der Waals surface area contributed by atoms with Crippen molar-refractivity contribution < 1.29 is 19.1 Å². The highest BCUT2D eigenvalue weighted by Gasteiger charge is 2.29. The quantitative estimate of drug-likeness (QED) is 0.386. The number of nitrogens with one attached hydrogen (secondary N) is 1. The maximum absolute atomic E-state index is 13.1. The van der Waals surface area contributed by atoms with E-state index in [1.807, 2.05) is 23.1 Å². The molecule has 1 aliphatic rings. The molecule has 3 N–H and O–H groups in total. The van der Waals surface area contributed by atoms with E-state index in [0.29, 0.717) is 31.0 Å². The molecule has 4 rings (SSSR count). The van der Waals surface area contributed by atoms with E-state index in [9.17, 15) is 9.59 Å². The summed E-state index contributed by atoms with van der Waals surface area (Å²) in [4.78, 5) is 32.4. The standard InChI is InChI=1S/C28H37N5O4/c1-36-16-6-15-33-25-9-4-3-8-24(25)31-27(33)21-7-5-14-32(19-21)26(34)17-22(29)18-30-28(35)20-10-12-23(37-2)13-11-20/h3-4,8-13,21-22H,5-7,14-19,29H2,1-2H3,(H,30,35)/t21-,22-/m1/s1. The van der Waals surface area contributed by atoms with Crippen LogP contribution >= 0.6 is 0 Å². The number of aromatic nitrogens is 2. The van der Waals surface area contributed by atoms with Crippen molar-refractivity contribution >= 4 is 22.8 Å². The van der Waals surface area contributed by atoms with Crippen molar-refractivity contribution in [2.75, 3.05) is 40.5 Å². The molecule has 2 amide bonds. The number of methoxy groups -OCH3 is 2. The van der Waals surface area contributed by atoms with E-state index in [-0.39, 0.29) is 30.7 Å². The highest BCUT2D eigenvalue weighted by molar-refractivity contribution is 5.94. The lowest BCUT2D eigenvalue weighted by atomic mass is 9.96. The number of rotatable bonds is 11. The van der Waals surface area contributed by atoms with Gasteiger partial charge in [0, 0.05) is 63.8 Å². The molecule has 2 atom stereocenters. The van der Waals surface area contributed by atoms with Crippen LogP contribution in [0.15, 0.2) is 48.5 Å². The van der Waals surface area contributed by atoms with E-state index in [0.717, 1.165) is 42.7 Å². The van der Waals surface area contributed by atoms with Gasteiger partial charge in [-0.25, -0.2) is 4.98 Å². The first-order chi connectivity index (χ1) is 18.0. The van der Waals surface area contributed by atoms with Crippen LogP contribution in [0.25, 0.3) is 11.0 Å². The number of carbonyl (C=O) groups is 2. The van der Waals surface area contributed by atoms with Crippen LogP contribution in [-0.2, 0) is 16.1 Å². The monoisotopic (exact) mass is 507 g/mol. The molecule has 1 aliphatic heterocycles. The number of nitrogens with two attached hydrogens (primary N) is 1. The molecule has 2 heterocycles.